The molecule has 3 aromatic rings. The van der Waals surface area contributed by atoms with E-state index in [2.05, 4.69) is 10.3 Å². The molecule has 1 aromatic heterocycles. The number of piperazine rings is 1. The van der Waals surface area contributed by atoms with Crippen molar-refractivity contribution in [1.29, 1.82) is 0 Å². The zero-order valence-electron chi connectivity index (χ0n) is 17.6. The van der Waals surface area contributed by atoms with Crippen LogP contribution in [-0.2, 0) is 9.53 Å². The quantitative estimate of drug-likeness (QED) is 0.616. The Kier molecular flexibility index (Phi) is 5.90. The molecule has 1 fully saturated rings. The van der Waals surface area contributed by atoms with Crippen LogP contribution in [0.25, 0.3) is 10.9 Å². The number of para-hydroxylation sites is 1. The fraction of sp³-hybridized carbons (Fsp3) is 0.304. The molecule has 0 saturated carbocycles. The summed E-state index contributed by atoms with van der Waals surface area (Å²) in [4.78, 5) is 32.0. The maximum Gasteiger partial charge on any atom is 0.356 e. The van der Waals surface area contributed by atoms with Crippen LogP contribution in [0.1, 0.15) is 16.1 Å². The molecule has 0 bridgehead atoms. The maximum atomic E-state index is 14.0. The van der Waals surface area contributed by atoms with Crippen molar-refractivity contribution in [3.8, 4) is 0 Å². The lowest BCUT2D eigenvalue weighted by Gasteiger charge is -2.35. The average Bonchev–Trinajstić information content (AvgIpc) is 3.11. The first kappa shape index (κ1) is 20.9. The lowest BCUT2D eigenvalue weighted by molar-refractivity contribution is -0.117. The van der Waals surface area contributed by atoms with E-state index >= 15 is 0 Å². The molecule has 31 heavy (non-hydrogen) atoms. The minimum Gasteiger partial charge on any atom is -0.464 e. The number of carbonyl (C=O) groups excluding carboxylic acids is 2. The van der Waals surface area contributed by atoms with Crippen LogP contribution in [0.15, 0.2) is 42.5 Å². The Morgan fingerprint density at radius 1 is 1.13 bits per heavy atom. The number of halogens is 1. The van der Waals surface area contributed by atoms with Crippen molar-refractivity contribution in [3.05, 3.63) is 59.5 Å². The first-order valence-corrected chi connectivity index (χ1v) is 10.2. The predicted molar refractivity (Wildman–Crippen MR) is 118 cm³/mol. The number of benzene rings is 2. The van der Waals surface area contributed by atoms with Gasteiger partial charge in [0.1, 0.15) is 11.5 Å². The smallest absolute Gasteiger partial charge is 0.356 e. The lowest BCUT2D eigenvalue weighted by Crippen LogP contribution is -2.49. The number of ether oxygens (including phenoxy) is 1. The highest BCUT2D eigenvalue weighted by Gasteiger charge is 2.24. The van der Waals surface area contributed by atoms with E-state index in [1.807, 2.05) is 41.0 Å². The number of amides is 1. The van der Waals surface area contributed by atoms with Crippen molar-refractivity contribution in [1.82, 2.24) is 9.88 Å². The number of aryl methyl sites for hydroxylation is 1. The van der Waals surface area contributed by atoms with Gasteiger partial charge in [-0.2, -0.15) is 0 Å². The van der Waals surface area contributed by atoms with Crippen LogP contribution in [0.2, 0.25) is 0 Å². The molecule has 0 atom stereocenters. The third-order valence-corrected chi connectivity index (χ3v) is 5.54. The summed E-state index contributed by atoms with van der Waals surface area (Å²) in [5.74, 6) is -0.993. The molecule has 0 radical (unpaired) electrons. The standard InChI is InChI=1S/C23H25FN4O3/c1-15-7-8-16-18(13-15)25-22(23(30)31-2)21(16)26-20(29)14-27-9-11-28(12-10-27)19-6-4-3-5-17(19)24/h3-8,13,25H,9-12,14H2,1-2H3,(H,26,29). The van der Waals surface area contributed by atoms with Crippen molar-refractivity contribution in [2.75, 3.05) is 50.1 Å². The molecule has 4 rings (SSSR count). The summed E-state index contributed by atoms with van der Waals surface area (Å²) in [6.45, 7) is 4.68. The first-order chi connectivity index (χ1) is 15.0. The van der Waals surface area contributed by atoms with E-state index in [9.17, 15) is 14.0 Å². The van der Waals surface area contributed by atoms with E-state index in [-0.39, 0.29) is 24.0 Å². The number of aromatic nitrogens is 1. The Morgan fingerprint density at radius 2 is 1.87 bits per heavy atom. The molecule has 0 unspecified atom stereocenters. The first-order valence-electron chi connectivity index (χ1n) is 10.2. The number of hydrogen-bond donors (Lipinski definition) is 2. The summed E-state index contributed by atoms with van der Waals surface area (Å²) >= 11 is 0. The van der Waals surface area contributed by atoms with Gasteiger partial charge < -0.3 is 19.9 Å². The van der Waals surface area contributed by atoms with Crippen LogP contribution < -0.4 is 10.2 Å². The summed E-state index contributed by atoms with van der Waals surface area (Å²) in [6, 6.07) is 12.4. The molecule has 2 N–H and O–H groups in total. The monoisotopic (exact) mass is 424 g/mol. The summed E-state index contributed by atoms with van der Waals surface area (Å²) in [6.07, 6.45) is 0. The third-order valence-electron chi connectivity index (χ3n) is 5.54. The van der Waals surface area contributed by atoms with E-state index < -0.39 is 5.97 Å². The van der Waals surface area contributed by atoms with Crippen LogP contribution in [-0.4, -0.2) is 61.6 Å². The van der Waals surface area contributed by atoms with E-state index in [1.165, 1.54) is 13.2 Å². The molecule has 0 spiro atoms. The Morgan fingerprint density at radius 3 is 2.58 bits per heavy atom. The Balaban J connectivity index is 1.43. The number of rotatable bonds is 5. The van der Waals surface area contributed by atoms with Crippen molar-refractivity contribution in [3.63, 3.8) is 0 Å². The minimum absolute atomic E-state index is 0.185. The second-order valence-electron chi connectivity index (χ2n) is 7.68. The maximum absolute atomic E-state index is 14.0. The number of nitrogens with one attached hydrogen (secondary N) is 2. The SMILES string of the molecule is COC(=O)c1[nH]c2cc(C)ccc2c1NC(=O)CN1CCN(c2ccccc2F)CC1. The lowest BCUT2D eigenvalue weighted by atomic mass is 10.1. The number of nitrogens with zero attached hydrogens (tertiary/aromatic N) is 2. The van der Waals surface area contributed by atoms with Gasteiger partial charge in [0.2, 0.25) is 5.91 Å². The number of H-pyrrole nitrogens is 1. The predicted octanol–water partition coefficient (Wildman–Crippen LogP) is 3.16. The zero-order valence-corrected chi connectivity index (χ0v) is 17.6. The number of hydrogen-bond acceptors (Lipinski definition) is 5. The molecule has 1 aliphatic rings. The van der Waals surface area contributed by atoms with Gasteiger partial charge in [-0.05, 0) is 30.7 Å². The number of methoxy groups -OCH3 is 1. The molecule has 8 heteroatoms. The van der Waals surface area contributed by atoms with E-state index in [0.29, 0.717) is 37.6 Å². The van der Waals surface area contributed by atoms with Crippen LogP contribution in [0.3, 0.4) is 0 Å². The van der Waals surface area contributed by atoms with Crippen molar-refractivity contribution >= 4 is 34.2 Å². The second kappa shape index (κ2) is 8.77. The highest BCUT2D eigenvalue weighted by molar-refractivity contribution is 6.11. The summed E-state index contributed by atoms with van der Waals surface area (Å²) in [5.41, 5.74) is 3.03. The van der Waals surface area contributed by atoms with Crippen LogP contribution in [0.5, 0.6) is 0 Å². The molecule has 162 valence electrons. The molecular formula is C23H25FN4O3. The highest BCUT2D eigenvalue weighted by atomic mass is 19.1. The van der Waals surface area contributed by atoms with Crippen LogP contribution in [0, 0.1) is 12.7 Å². The van der Waals surface area contributed by atoms with Gasteiger partial charge in [-0.3, -0.25) is 9.69 Å². The van der Waals surface area contributed by atoms with Gasteiger partial charge >= 0.3 is 5.97 Å². The molecule has 1 saturated heterocycles. The molecule has 1 amide bonds. The number of anilines is 2. The number of aromatic amines is 1. The topological polar surface area (TPSA) is 77.7 Å². The molecule has 1 aliphatic heterocycles. The van der Waals surface area contributed by atoms with Gasteiger partial charge in [0, 0.05) is 37.1 Å². The molecule has 2 aromatic carbocycles. The van der Waals surface area contributed by atoms with Gasteiger partial charge in [0.05, 0.1) is 25.0 Å². The summed E-state index contributed by atoms with van der Waals surface area (Å²) in [7, 11) is 1.31. The average molecular weight is 424 g/mol. The highest BCUT2D eigenvalue weighted by Crippen LogP contribution is 2.29. The van der Waals surface area contributed by atoms with Crippen molar-refractivity contribution in [2.24, 2.45) is 0 Å². The second-order valence-corrected chi connectivity index (χ2v) is 7.68. The van der Waals surface area contributed by atoms with E-state index in [1.54, 1.807) is 12.1 Å². The molecule has 7 nitrogen and oxygen atoms in total. The zero-order chi connectivity index (χ0) is 22.0. The van der Waals surface area contributed by atoms with E-state index in [4.69, 9.17) is 4.74 Å². The number of esters is 1. The largest absolute Gasteiger partial charge is 0.464 e. The Hall–Kier alpha value is -3.39. The Bertz CT molecular complexity index is 1120. The number of fused-ring (bicyclic) bond motifs is 1. The third kappa shape index (κ3) is 4.39. The van der Waals surface area contributed by atoms with Gasteiger partial charge in [-0.15, -0.1) is 0 Å². The minimum atomic E-state index is -0.539. The van der Waals surface area contributed by atoms with Gasteiger partial charge in [0.25, 0.3) is 0 Å². The van der Waals surface area contributed by atoms with Gasteiger partial charge in [0.15, 0.2) is 0 Å². The fourth-order valence-corrected chi connectivity index (χ4v) is 3.93. The van der Waals surface area contributed by atoms with Crippen molar-refractivity contribution < 1.29 is 18.7 Å². The Labute approximate surface area is 179 Å². The summed E-state index contributed by atoms with van der Waals surface area (Å²) < 4.78 is 18.9. The molecule has 2 heterocycles. The number of carbonyl (C=O) groups is 2. The molecule has 0 aliphatic carbocycles. The van der Waals surface area contributed by atoms with Gasteiger partial charge in [-0.25, -0.2) is 9.18 Å². The van der Waals surface area contributed by atoms with Crippen molar-refractivity contribution in [2.45, 2.75) is 6.92 Å². The van der Waals surface area contributed by atoms with Crippen LogP contribution in [0.4, 0.5) is 15.8 Å². The van der Waals surface area contributed by atoms with Gasteiger partial charge in [-0.1, -0.05) is 24.3 Å². The molecular weight excluding hydrogens is 399 g/mol. The normalized spacial score (nSPS) is 14.6. The van der Waals surface area contributed by atoms with E-state index in [0.717, 1.165) is 16.5 Å². The summed E-state index contributed by atoms with van der Waals surface area (Å²) in [5, 5.41) is 3.63. The van der Waals surface area contributed by atoms with Crippen LogP contribution >= 0.6 is 0 Å². The fourth-order valence-electron chi connectivity index (χ4n) is 3.93.